The highest BCUT2D eigenvalue weighted by Crippen LogP contribution is 2.31. The molecule has 20 heavy (non-hydrogen) atoms. The van der Waals surface area contributed by atoms with E-state index in [1.807, 2.05) is 0 Å². The Morgan fingerprint density at radius 2 is 2.20 bits per heavy atom. The van der Waals surface area contributed by atoms with Crippen LogP contribution in [-0.4, -0.2) is 34.7 Å². The van der Waals surface area contributed by atoms with Crippen molar-refractivity contribution >= 4 is 37.3 Å². The fraction of sp³-hybridized carbons (Fsp3) is 0.667. The molecule has 1 rings (SSSR count). The molecular formula is C12H21BrN2O3S2. The van der Waals surface area contributed by atoms with Gasteiger partial charge >= 0.3 is 0 Å². The SMILES string of the molecule is CCCNCc1cc(S(=O)(=O)NC(C)COC)c(Br)s1. The van der Waals surface area contributed by atoms with Crippen LogP contribution in [0.5, 0.6) is 0 Å². The number of rotatable bonds is 9. The van der Waals surface area contributed by atoms with Crippen LogP contribution < -0.4 is 10.0 Å². The first-order valence-electron chi connectivity index (χ1n) is 6.41. The molecule has 116 valence electrons. The van der Waals surface area contributed by atoms with Crippen molar-refractivity contribution in [2.45, 2.75) is 37.8 Å². The summed E-state index contributed by atoms with van der Waals surface area (Å²) in [7, 11) is -1.97. The van der Waals surface area contributed by atoms with Gasteiger partial charge in [0.25, 0.3) is 0 Å². The summed E-state index contributed by atoms with van der Waals surface area (Å²) >= 11 is 4.77. The molecule has 0 fully saturated rings. The summed E-state index contributed by atoms with van der Waals surface area (Å²) in [4.78, 5) is 1.28. The third-order valence-corrected chi connectivity index (χ3v) is 6.34. The molecule has 8 heteroatoms. The van der Waals surface area contributed by atoms with Gasteiger partial charge in [0.2, 0.25) is 10.0 Å². The Bertz CT molecular complexity index is 517. The van der Waals surface area contributed by atoms with Gasteiger partial charge in [-0.3, -0.25) is 0 Å². The lowest BCUT2D eigenvalue weighted by Gasteiger charge is -2.12. The predicted octanol–water partition coefficient (Wildman–Crippen LogP) is 2.32. The molecule has 0 spiro atoms. The van der Waals surface area contributed by atoms with E-state index < -0.39 is 10.0 Å². The lowest BCUT2D eigenvalue weighted by atomic mass is 10.4. The second kappa shape index (κ2) is 8.45. The van der Waals surface area contributed by atoms with Gasteiger partial charge < -0.3 is 10.1 Å². The Hall–Kier alpha value is 0.01000. The van der Waals surface area contributed by atoms with E-state index in [0.29, 0.717) is 21.8 Å². The molecule has 0 saturated heterocycles. The molecule has 0 aromatic carbocycles. The van der Waals surface area contributed by atoms with Gasteiger partial charge in [0.1, 0.15) is 4.90 Å². The average molecular weight is 385 g/mol. The summed E-state index contributed by atoms with van der Waals surface area (Å²) in [5.74, 6) is 0. The third kappa shape index (κ3) is 5.42. The highest BCUT2D eigenvalue weighted by atomic mass is 79.9. The molecule has 0 aliphatic rings. The number of nitrogens with one attached hydrogen (secondary N) is 2. The quantitative estimate of drug-likeness (QED) is 0.641. The van der Waals surface area contributed by atoms with E-state index in [0.717, 1.165) is 17.8 Å². The molecule has 1 aromatic heterocycles. The van der Waals surface area contributed by atoms with E-state index >= 15 is 0 Å². The van der Waals surface area contributed by atoms with E-state index in [4.69, 9.17) is 4.74 Å². The lowest BCUT2D eigenvalue weighted by Crippen LogP contribution is -2.35. The maximum absolute atomic E-state index is 12.3. The highest BCUT2D eigenvalue weighted by molar-refractivity contribution is 9.11. The number of halogens is 1. The van der Waals surface area contributed by atoms with Gasteiger partial charge in [-0.15, -0.1) is 11.3 Å². The minimum atomic E-state index is -3.52. The fourth-order valence-electron chi connectivity index (χ4n) is 1.67. The zero-order valence-corrected chi connectivity index (χ0v) is 15.1. The zero-order valence-electron chi connectivity index (χ0n) is 11.9. The highest BCUT2D eigenvalue weighted by Gasteiger charge is 2.22. The largest absolute Gasteiger partial charge is 0.383 e. The molecule has 1 aromatic rings. The second-order valence-electron chi connectivity index (χ2n) is 4.51. The van der Waals surface area contributed by atoms with Crippen LogP contribution in [0.4, 0.5) is 0 Å². The van der Waals surface area contributed by atoms with Crippen molar-refractivity contribution in [3.8, 4) is 0 Å². The molecule has 0 aliphatic carbocycles. The van der Waals surface area contributed by atoms with Crippen LogP contribution in [0.1, 0.15) is 25.1 Å². The lowest BCUT2D eigenvalue weighted by molar-refractivity contribution is 0.180. The summed E-state index contributed by atoms with van der Waals surface area (Å²) in [5, 5.41) is 3.26. The van der Waals surface area contributed by atoms with Gasteiger partial charge in [-0.25, -0.2) is 13.1 Å². The Morgan fingerprint density at radius 3 is 2.80 bits per heavy atom. The van der Waals surface area contributed by atoms with E-state index in [2.05, 4.69) is 32.9 Å². The molecule has 0 aliphatic heterocycles. The van der Waals surface area contributed by atoms with Crippen molar-refractivity contribution < 1.29 is 13.2 Å². The van der Waals surface area contributed by atoms with Crippen LogP contribution in [0, 0.1) is 0 Å². The number of ether oxygens (including phenoxy) is 1. The minimum Gasteiger partial charge on any atom is -0.383 e. The van der Waals surface area contributed by atoms with Crippen LogP contribution in [0.25, 0.3) is 0 Å². The summed E-state index contributed by atoms with van der Waals surface area (Å²) in [6.07, 6.45) is 1.05. The first kappa shape index (κ1) is 18.1. The molecular weight excluding hydrogens is 364 g/mol. The van der Waals surface area contributed by atoms with Gasteiger partial charge in [0.15, 0.2) is 0 Å². The van der Waals surface area contributed by atoms with E-state index in [9.17, 15) is 8.42 Å². The summed E-state index contributed by atoms with van der Waals surface area (Å²) in [6, 6.07) is 1.44. The Balaban J connectivity index is 2.79. The number of hydrogen-bond donors (Lipinski definition) is 2. The average Bonchev–Trinajstić information content (AvgIpc) is 2.71. The standard InChI is InChI=1S/C12H21BrN2O3S2/c1-4-5-14-7-10-6-11(12(13)19-10)20(16,17)15-9(2)8-18-3/h6,9,14-15H,4-5,7-8H2,1-3H3. The molecule has 5 nitrogen and oxygen atoms in total. The first-order chi connectivity index (χ1) is 9.40. The van der Waals surface area contributed by atoms with E-state index in [1.54, 1.807) is 20.1 Å². The van der Waals surface area contributed by atoms with Crippen molar-refractivity contribution in [1.29, 1.82) is 0 Å². The number of methoxy groups -OCH3 is 1. The monoisotopic (exact) mass is 384 g/mol. The Kier molecular flexibility index (Phi) is 7.63. The molecule has 1 unspecified atom stereocenters. The van der Waals surface area contributed by atoms with Crippen LogP contribution >= 0.6 is 27.3 Å². The van der Waals surface area contributed by atoms with Crippen LogP contribution in [0.15, 0.2) is 14.7 Å². The van der Waals surface area contributed by atoms with Gasteiger partial charge in [-0.1, -0.05) is 6.92 Å². The summed E-state index contributed by atoms with van der Waals surface area (Å²) < 4.78 is 32.7. The van der Waals surface area contributed by atoms with Crippen molar-refractivity contribution in [3.05, 3.63) is 14.7 Å². The van der Waals surface area contributed by atoms with Gasteiger partial charge in [0.05, 0.1) is 10.4 Å². The molecule has 0 amide bonds. The predicted molar refractivity (Wildman–Crippen MR) is 85.7 cm³/mol. The van der Waals surface area contributed by atoms with Crippen LogP contribution in [0.2, 0.25) is 0 Å². The normalized spacial score (nSPS) is 13.6. The van der Waals surface area contributed by atoms with Gasteiger partial charge in [-0.05, 0) is 41.9 Å². The number of hydrogen-bond acceptors (Lipinski definition) is 5. The third-order valence-electron chi connectivity index (χ3n) is 2.50. The summed E-state index contributed by atoms with van der Waals surface area (Å²) in [5.41, 5.74) is 0. The van der Waals surface area contributed by atoms with Crippen molar-refractivity contribution in [2.75, 3.05) is 20.3 Å². The molecule has 1 heterocycles. The first-order valence-corrected chi connectivity index (χ1v) is 9.50. The topological polar surface area (TPSA) is 67.4 Å². The van der Waals surface area contributed by atoms with Crippen molar-refractivity contribution in [1.82, 2.24) is 10.0 Å². The van der Waals surface area contributed by atoms with Crippen LogP contribution in [-0.2, 0) is 21.3 Å². The number of thiophene rings is 1. The smallest absolute Gasteiger partial charge is 0.242 e. The second-order valence-corrected chi connectivity index (χ2v) is 8.64. The summed E-state index contributed by atoms with van der Waals surface area (Å²) in [6.45, 7) is 5.80. The number of sulfonamides is 1. The zero-order chi connectivity index (χ0) is 15.2. The van der Waals surface area contributed by atoms with Gasteiger partial charge in [-0.2, -0.15) is 0 Å². The Morgan fingerprint density at radius 1 is 1.50 bits per heavy atom. The maximum atomic E-state index is 12.3. The molecule has 0 saturated carbocycles. The maximum Gasteiger partial charge on any atom is 0.242 e. The molecule has 1 atom stereocenters. The van der Waals surface area contributed by atoms with E-state index in [1.165, 1.54) is 11.3 Å². The fourth-order valence-corrected chi connectivity index (χ4v) is 5.55. The van der Waals surface area contributed by atoms with Crippen molar-refractivity contribution in [3.63, 3.8) is 0 Å². The molecule has 0 bridgehead atoms. The minimum absolute atomic E-state index is 0.265. The Labute approximate surface area is 133 Å². The van der Waals surface area contributed by atoms with Crippen LogP contribution in [0.3, 0.4) is 0 Å². The van der Waals surface area contributed by atoms with Gasteiger partial charge in [0, 0.05) is 24.6 Å². The molecule has 0 radical (unpaired) electrons. The van der Waals surface area contributed by atoms with Crippen molar-refractivity contribution in [2.24, 2.45) is 0 Å². The molecule has 2 N–H and O–H groups in total. The van der Waals surface area contributed by atoms with E-state index in [-0.39, 0.29) is 6.04 Å².